The second-order valence-corrected chi connectivity index (χ2v) is 7.34. The highest BCUT2D eigenvalue weighted by molar-refractivity contribution is 9.10. The Hall–Kier alpha value is -2.19. The molecule has 1 heterocycles. The maximum Gasteiger partial charge on any atom is 0.277 e. The molecule has 1 amide bonds. The summed E-state index contributed by atoms with van der Waals surface area (Å²) in [5.41, 5.74) is 1.32. The SMILES string of the molecule is C[C@@H](Sc1nnc(-c2ccc(F)cc2)o1)C(=O)Nc1ccc(Br)cc1. The number of hydrogen-bond donors (Lipinski definition) is 1. The highest BCUT2D eigenvalue weighted by Crippen LogP contribution is 2.27. The Balaban J connectivity index is 1.62. The van der Waals surface area contributed by atoms with Gasteiger partial charge in [-0.1, -0.05) is 27.7 Å². The van der Waals surface area contributed by atoms with Crippen LogP contribution in [0.15, 0.2) is 62.6 Å². The van der Waals surface area contributed by atoms with Gasteiger partial charge in [0.05, 0.1) is 5.25 Å². The lowest BCUT2D eigenvalue weighted by Crippen LogP contribution is -2.22. The van der Waals surface area contributed by atoms with Crippen molar-refractivity contribution in [2.75, 3.05) is 5.32 Å². The van der Waals surface area contributed by atoms with Gasteiger partial charge in [-0.2, -0.15) is 0 Å². The Morgan fingerprint density at radius 1 is 1.16 bits per heavy atom. The highest BCUT2D eigenvalue weighted by atomic mass is 79.9. The lowest BCUT2D eigenvalue weighted by Gasteiger charge is -2.09. The second-order valence-electron chi connectivity index (χ2n) is 5.14. The zero-order chi connectivity index (χ0) is 17.8. The molecule has 1 atom stereocenters. The van der Waals surface area contributed by atoms with Crippen molar-refractivity contribution in [2.24, 2.45) is 0 Å². The molecule has 8 heteroatoms. The van der Waals surface area contributed by atoms with E-state index < -0.39 is 5.25 Å². The number of benzene rings is 2. The number of anilines is 1. The maximum atomic E-state index is 13.0. The van der Waals surface area contributed by atoms with Crippen LogP contribution in [0.1, 0.15) is 6.92 Å². The number of nitrogens with one attached hydrogen (secondary N) is 1. The van der Waals surface area contributed by atoms with E-state index in [0.29, 0.717) is 11.3 Å². The van der Waals surface area contributed by atoms with Crippen LogP contribution in [0.5, 0.6) is 0 Å². The van der Waals surface area contributed by atoms with Gasteiger partial charge in [0.1, 0.15) is 5.82 Å². The summed E-state index contributed by atoms with van der Waals surface area (Å²) in [6.45, 7) is 1.75. The highest BCUT2D eigenvalue weighted by Gasteiger charge is 2.19. The molecule has 3 aromatic rings. The van der Waals surface area contributed by atoms with E-state index in [9.17, 15) is 9.18 Å². The van der Waals surface area contributed by atoms with Gasteiger partial charge in [-0.15, -0.1) is 10.2 Å². The van der Waals surface area contributed by atoms with Gasteiger partial charge in [0.15, 0.2) is 0 Å². The topological polar surface area (TPSA) is 68.0 Å². The molecular weight excluding hydrogens is 409 g/mol. The zero-order valence-electron chi connectivity index (χ0n) is 13.1. The molecule has 0 saturated carbocycles. The Bertz CT molecular complexity index is 868. The zero-order valence-corrected chi connectivity index (χ0v) is 15.5. The molecule has 0 unspecified atom stereocenters. The van der Waals surface area contributed by atoms with E-state index >= 15 is 0 Å². The van der Waals surface area contributed by atoms with Crippen LogP contribution in [0.2, 0.25) is 0 Å². The molecule has 0 aliphatic heterocycles. The van der Waals surface area contributed by atoms with Crippen LogP contribution in [-0.4, -0.2) is 21.4 Å². The molecule has 128 valence electrons. The Morgan fingerprint density at radius 3 is 2.52 bits per heavy atom. The third-order valence-electron chi connectivity index (χ3n) is 3.26. The minimum absolute atomic E-state index is 0.172. The van der Waals surface area contributed by atoms with Crippen molar-refractivity contribution < 1.29 is 13.6 Å². The van der Waals surface area contributed by atoms with Gasteiger partial charge in [-0.25, -0.2) is 4.39 Å². The fourth-order valence-electron chi connectivity index (χ4n) is 1.95. The molecule has 5 nitrogen and oxygen atoms in total. The van der Waals surface area contributed by atoms with Gasteiger partial charge in [-0.3, -0.25) is 4.79 Å². The summed E-state index contributed by atoms with van der Waals surface area (Å²) in [6.07, 6.45) is 0. The molecule has 3 rings (SSSR count). The van der Waals surface area contributed by atoms with Gasteiger partial charge in [-0.05, 0) is 55.5 Å². The smallest absolute Gasteiger partial charge is 0.277 e. The van der Waals surface area contributed by atoms with Gasteiger partial charge in [0, 0.05) is 15.7 Å². The molecule has 25 heavy (non-hydrogen) atoms. The van der Waals surface area contributed by atoms with Crippen molar-refractivity contribution in [3.05, 3.63) is 58.8 Å². The predicted molar refractivity (Wildman–Crippen MR) is 97.8 cm³/mol. The number of hydrogen-bond acceptors (Lipinski definition) is 5. The monoisotopic (exact) mass is 421 g/mol. The number of rotatable bonds is 5. The van der Waals surface area contributed by atoms with Crippen molar-refractivity contribution in [3.63, 3.8) is 0 Å². The Kier molecular flexibility index (Phi) is 5.50. The van der Waals surface area contributed by atoms with Crippen LogP contribution in [0.25, 0.3) is 11.5 Å². The van der Waals surface area contributed by atoms with Gasteiger partial charge in [0.25, 0.3) is 5.22 Å². The Morgan fingerprint density at radius 2 is 1.84 bits per heavy atom. The summed E-state index contributed by atoms with van der Waals surface area (Å²) in [6, 6.07) is 13.1. The van der Waals surface area contributed by atoms with Gasteiger partial charge < -0.3 is 9.73 Å². The first-order valence-electron chi connectivity index (χ1n) is 7.34. The molecule has 1 N–H and O–H groups in total. The number of carbonyl (C=O) groups excluding carboxylic acids is 1. The molecule has 0 fully saturated rings. The fourth-order valence-corrected chi connectivity index (χ4v) is 2.90. The normalized spacial score (nSPS) is 12.0. The molecule has 1 aromatic heterocycles. The van der Waals surface area contributed by atoms with Crippen LogP contribution < -0.4 is 5.32 Å². The summed E-state index contributed by atoms with van der Waals surface area (Å²) in [7, 11) is 0. The molecule has 0 bridgehead atoms. The molecule has 0 saturated heterocycles. The van der Waals surface area contributed by atoms with Crippen LogP contribution in [0, 0.1) is 5.82 Å². The number of thioether (sulfide) groups is 1. The van der Waals surface area contributed by atoms with Crippen LogP contribution >= 0.6 is 27.7 Å². The number of halogens is 2. The van der Waals surface area contributed by atoms with Crippen molar-refractivity contribution in [2.45, 2.75) is 17.4 Å². The van der Waals surface area contributed by atoms with Crippen LogP contribution in [0.4, 0.5) is 10.1 Å². The molecule has 0 radical (unpaired) electrons. The average Bonchev–Trinajstić information content (AvgIpc) is 3.06. The molecule has 0 aliphatic carbocycles. The van der Waals surface area contributed by atoms with Crippen molar-refractivity contribution >= 4 is 39.3 Å². The molecular formula is C17H13BrFN3O2S. The Labute approximate surface area is 156 Å². The largest absolute Gasteiger partial charge is 0.411 e. The number of aromatic nitrogens is 2. The molecule has 2 aromatic carbocycles. The van der Waals surface area contributed by atoms with Crippen molar-refractivity contribution in [3.8, 4) is 11.5 Å². The second kappa shape index (κ2) is 7.79. The standard InChI is InChI=1S/C17H13BrFN3O2S/c1-10(15(23)20-14-8-4-12(18)5-9-14)25-17-22-21-16(24-17)11-2-6-13(19)7-3-11/h2-10H,1H3,(H,20,23)/t10-/m1/s1. The van der Waals surface area contributed by atoms with E-state index in [1.807, 2.05) is 12.1 Å². The minimum Gasteiger partial charge on any atom is -0.411 e. The van der Waals surface area contributed by atoms with E-state index in [4.69, 9.17) is 4.42 Å². The molecule has 0 aliphatic rings. The summed E-state index contributed by atoms with van der Waals surface area (Å²) >= 11 is 4.50. The van der Waals surface area contributed by atoms with E-state index in [-0.39, 0.29) is 22.8 Å². The van der Waals surface area contributed by atoms with E-state index in [0.717, 1.165) is 16.2 Å². The van der Waals surface area contributed by atoms with E-state index in [1.165, 1.54) is 12.1 Å². The van der Waals surface area contributed by atoms with Crippen LogP contribution in [0.3, 0.4) is 0 Å². The fraction of sp³-hybridized carbons (Fsp3) is 0.118. The average molecular weight is 422 g/mol. The van der Waals surface area contributed by atoms with Gasteiger partial charge >= 0.3 is 0 Å². The quantitative estimate of drug-likeness (QED) is 0.601. The number of nitrogens with zero attached hydrogens (tertiary/aromatic N) is 2. The predicted octanol–water partition coefficient (Wildman–Crippen LogP) is 4.76. The third kappa shape index (κ3) is 4.67. The summed E-state index contributed by atoms with van der Waals surface area (Å²) in [5, 5.41) is 10.5. The maximum absolute atomic E-state index is 13.0. The first kappa shape index (κ1) is 17.6. The van der Waals surface area contributed by atoms with E-state index in [2.05, 4.69) is 31.4 Å². The van der Waals surface area contributed by atoms with Gasteiger partial charge in [0.2, 0.25) is 11.8 Å². The number of amides is 1. The lowest BCUT2D eigenvalue weighted by molar-refractivity contribution is -0.115. The van der Waals surface area contributed by atoms with E-state index in [1.54, 1.807) is 31.2 Å². The van der Waals surface area contributed by atoms with Crippen molar-refractivity contribution in [1.29, 1.82) is 0 Å². The first-order chi connectivity index (χ1) is 12.0. The first-order valence-corrected chi connectivity index (χ1v) is 9.01. The molecule has 0 spiro atoms. The third-order valence-corrected chi connectivity index (χ3v) is 4.72. The lowest BCUT2D eigenvalue weighted by atomic mass is 10.2. The summed E-state index contributed by atoms with van der Waals surface area (Å²) < 4.78 is 19.4. The van der Waals surface area contributed by atoms with Crippen molar-refractivity contribution in [1.82, 2.24) is 10.2 Å². The van der Waals surface area contributed by atoms with Crippen LogP contribution in [-0.2, 0) is 4.79 Å². The minimum atomic E-state index is -0.426. The summed E-state index contributed by atoms with van der Waals surface area (Å²) in [5.74, 6) is -0.229. The number of carbonyl (C=O) groups is 1. The summed E-state index contributed by atoms with van der Waals surface area (Å²) in [4.78, 5) is 12.2.